The van der Waals surface area contributed by atoms with E-state index in [2.05, 4.69) is 6.58 Å². The van der Waals surface area contributed by atoms with E-state index in [1.165, 1.54) is 0 Å². The van der Waals surface area contributed by atoms with Gasteiger partial charge in [0.2, 0.25) is 5.91 Å². The molecule has 5 heteroatoms. The summed E-state index contributed by atoms with van der Waals surface area (Å²) >= 11 is 10.6. The highest BCUT2D eigenvalue weighted by atomic mass is 35.5. The van der Waals surface area contributed by atoms with Gasteiger partial charge in [-0.3, -0.25) is 4.79 Å². The molecule has 0 spiro atoms. The lowest BCUT2D eigenvalue weighted by atomic mass is 10.1. The van der Waals surface area contributed by atoms with Crippen LogP contribution in [0, 0.1) is 0 Å². The molecule has 3 nitrogen and oxygen atoms in total. The van der Waals surface area contributed by atoms with Crippen LogP contribution in [0.4, 0.5) is 0 Å². The minimum atomic E-state index is 0.0264. The fraction of sp³-hybridized carbons (Fsp3) is 0.286. The summed E-state index contributed by atoms with van der Waals surface area (Å²) < 4.78 is 0. The highest BCUT2D eigenvalue weighted by molar-refractivity contribution is 7.80. The average Bonchev–Trinajstić information content (AvgIpc) is 2.37. The lowest BCUT2D eigenvalue weighted by Crippen LogP contribution is -2.35. The lowest BCUT2D eigenvalue weighted by molar-refractivity contribution is -0.129. The minimum absolute atomic E-state index is 0.0264. The molecule has 0 saturated carbocycles. The highest BCUT2D eigenvalue weighted by Gasteiger charge is 2.12. The normalized spacial score (nSPS) is 9.95. The molecule has 0 aliphatic carbocycles. The molecule has 0 atom stereocenters. The number of benzene rings is 1. The standard InChI is InChI=1S/C14H17ClN2OS/c1-2-8-17(9-7-13(16)19)14(18)10-11-3-5-12(15)6-4-11/h2-6H,1,7-10H2,(H2,16,19). The number of hydrogen-bond donors (Lipinski definition) is 1. The number of amides is 1. The molecule has 2 N–H and O–H groups in total. The van der Waals surface area contributed by atoms with Crippen LogP contribution in [0.1, 0.15) is 12.0 Å². The Morgan fingerprint density at radius 3 is 2.58 bits per heavy atom. The quantitative estimate of drug-likeness (QED) is 0.621. The zero-order valence-electron chi connectivity index (χ0n) is 10.6. The molecule has 19 heavy (non-hydrogen) atoms. The fourth-order valence-electron chi connectivity index (χ4n) is 1.61. The third-order valence-electron chi connectivity index (χ3n) is 2.60. The van der Waals surface area contributed by atoms with E-state index in [9.17, 15) is 4.79 Å². The van der Waals surface area contributed by atoms with Gasteiger partial charge < -0.3 is 10.6 Å². The van der Waals surface area contributed by atoms with Gasteiger partial charge in [0, 0.05) is 24.5 Å². The van der Waals surface area contributed by atoms with Crippen LogP contribution in [0.3, 0.4) is 0 Å². The Hall–Kier alpha value is -1.39. The summed E-state index contributed by atoms with van der Waals surface area (Å²) in [4.78, 5) is 14.3. The molecule has 102 valence electrons. The zero-order valence-corrected chi connectivity index (χ0v) is 12.2. The molecule has 0 radical (unpaired) electrons. The Morgan fingerprint density at radius 2 is 2.05 bits per heavy atom. The van der Waals surface area contributed by atoms with Gasteiger partial charge in [-0.1, -0.05) is 42.0 Å². The third kappa shape index (κ3) is 5.85. The summed E-state index contributed by atoms with van der Waals surface area (Å²) in [6, 6.07) is 7.24. The first-order valence-electron chi connectivity index (χ1n) is 5.94. The van der Waals surface area contributed by atoms with Crippen LogP contribution in [0.15, 0.2) is 36.9 Å². The molecular weight excluding hydrogens is 280 g/mol. The first-order valence-corrected chi connectivity index (χ1v) is 6.73. The maximum Gasteiger partial charge on any atom is 0.227 e. The summed E-state index contributed by atoms with van der Waals surface area (Å²) in [5.74, 6) is 0.0264. The van der Waals surface area contributed by atoms with Crippen molar-refractivity contribution in [2.45, 2.75) is 12.8 Å². The van der Waals surface area contributed by atoms with Crippen molar-refractivity contribution >= 4 is 34.7 Å². The monoisotopic (exact) mass is 296 g/mol. The predicted molar refractivity (Wildman–Crippen MR) is 83.3 cm³/mol. The molecular formula is C14H17ClN2OS. The molecule has 0 fully saturated rings. The van der Waals surface area contributed by atoms with Gasteiger partial charge in [0.15, 0.2) is 0 Å². The van der Waals surface area contributed by atoms with Crippen LogP contribution in [0.5, 0.6) is 0 Å². The molecule has 0 aliphatic heterocycles. The van der Waals surface area contributed by atoms with Crippen LogP contribution in [0.2, 0.25) is 5.02 Å². The van der Waals surface area contributed by atoms with E-state index in [1.54, 1.807) is 23.1 Å². The second-order valence-electron chi connectivity index (χ2n) is 4.15. The van der Waals surface area contributed by atoms with Crippen molar-refractivity contribution in [3.8, 4) is 0 Å². The average molecular weight is 297 g/mol. The van der Waals surface area contributed by atoms with Gasteiger partial charge in [0.05, 0.1) is 11.4 Å². The fourth-order valence-corrected chi connectivity index (χ4v) is 1.82. The SMILES string of the molecule is C=CCN(CCC(N)=S)C(=O)Cc1ccc(Cl)cc1. The lowest BCUT2D eigenvalue weighted by Gasteiger charge is -2.21. The Labute approximate surface area is 124 Å². The number of halogens is 1. The summed E-state index contributed by atoms with van der Waals surface area (Å²) in [7, 11) is 0. The van der Waals surface area contributed by atoms with Crippen molar-refractivity contribution in [3.63, 3.8) is 0 Å². The largest absolute Gasteiger partial charge is 0.393 e. The van der Waals surface area contributed by atoms with E-state index in [0.717, 1.165) is 5.56 Å². The molecule has 0 unspecified atom stereocenters. The van der Waals surface area contributed by atoms with E-state index in [-0.39, 0.29) is 5.91 Å². The molecule has 0 bridgehead atoms. The number of thiocarbonyl (C=S) groups is 1. The number of hydrogen-bond acceptors (Lipinski definition) is 2. The van der Waals surface area contributed by atoms with E-state index in [0.29, 0.717) is 35.9 Å². The van der Waals surface area contributed by atoms with Crippen molar-refractivity contribution in [1.29, 1.82) is 0 Å². The summed E-state index contributed by atoms with van der Waals surface area (Å²) in [5, 5.41) is 0.660. The van der Waals surface area contributed by atoms with E-state index >= 15 is 0 Å². The first-order chi connectivity index (χ1) is 9.02. The van der Waals surface area contributed by atoms with Crippen molar-refractivity contribution in [1.82, 2.24) is 4.90 Å². The molecule has 0 heterocycles. The Kier molecular flexibility index (Phi) is 6.53. The van der Waals surface area contributed by atoms with Crippen molar-refractivity contribution in [3.05, 3.63) is 47.5 Å². The zero-order chi connectivity index (χ0) is 14.3. The number of carbonyl (C=O) groups is 1. The molecule has 0 aromatic heterocycles. The van der Waals surface area contributed by atoms with Gasteiger partial charge in [-0.25, -0.2) is 0 Å². The second-order valence-corrected chi connectivity index (χ2v) is 5.11. The third-order valence-corrected chi connectivity index (χ3v) is 3.06. The van der Waals surface area contributed by atoms with Crippen LogP contribution < -0.4 is 5.73 Å². The molecule has 1 aromatic carbocycles. The van der Waals surface area contributed by atoms with Gasteiger partial charge in [-0.05, 0) is 17.7 Å². The van der Waals surface area contributed by atoms with Gasteiger partial charge in [0.1, 0.15) is 0 Å². The molecule has 1 amide bonds. The Morgan fingerprint density at radius 1 is 1.42 bits per heavy atom. The molecule has 1 rings (SSSR count). The van der Waals surface area contributed by atoms with Gasteiger partial charge in [-0.15, -0.1) is 6.58 Å². The first kappa shape index (κ1) is 15.7. The summed E-state index contributed by atoms with van der Waals surface area (Å²) in [5.41, 5.74) is 6.39. The van der Waals surface area contributed by atoms with Gasteiger partial charge >= 0.3 is 0 Å². The summed E-state index contributed by atoms with van der Waals surface area (Å²) in [6.45, 7) is 4.67. The van der Waals surface area contributed by atoms with E-state index in [4.69, 9.17) is 29.6 Å². The maximum absolute atomic E-state index is 12.2. The maximum atomic E-state index is 12.2. The highest BCUT2D eigenvalue weighted by Crippen LogP contribution is 2.11. The minimum Gasteiger partial charge on any atom is -0.393 e. The van der Waals surface area contributed by atoms with Crippen LogP contribution in [-0.4, -0.2) is 28.9 Å². The van der Waals surface area contributed by atoms with E-state index < -0.39 is 0 Å². The van der Waals surface area contributed by atoms with Crippen LogP contribution >= 0.6 is 23.8 Å². The molecule has 1 aromatic rings. The van der Waals surface area contributed by atoms with Gasteiger partial charge in [0.25, 0.3) is 0 Å². The second kappa shape index (κ2) is 7.92. The van der Waals surface area contributed by atoms with Gasteiger partial charge in [-0.2, -0.15) is 0 Å². The number of carbonyl (C=O) groups excluding carboxylic acids is 1. The predicted octanol–water partition coefficient (Wildman–Crippen LogP) is 2.57. The molecule has 0 aliphatic rings. The number of nitrogens with two attached hydrogens (primary N) is 1. The molecule has 0 saturated heterocycles. The Balaban J connectivity index is 2.62. The smallest absolute Gasteiger partial charge is 0.227 e. The Bertz CT molecular complexity index is 459. The topological polar surface area (TPSA) is 46.3 Å². The number of rotatable bonds is 7. The van der Waals surface area contributed by atoms with E-state index in [1.807, 2.05) is 12.1 Å². The summed E-state index contributed by atoms with van der Waals surface area (Å²) in [6.07, 6.45) is 2.55. The van der Waals surface area contributed by atoms with Crippen molar-refractivity contribution in [2.75, 3.05) is 13.1 Å². The van der Waals surface area contributed by atoms with Crippen LogP contribution in [0.25, 0.3) is 0 Å². The van der Waals surface area contributed by atoms with Crippen LogP contribution in [-0.2, 0) is 11.2 Å². The number of nitrogens with zero attached hydrogens (tertiary/aromatic N) is 1. The van der Waals surface area contributed by atoms with Crippen molar-refractivity contribution < 1.29 is 4.79 Å². The van der Waals surface area contributed by atoms with Crippen molar-refractivity contribution in [2.24, 2.45) is 5.73 Å².